The van der Waals surface area contributed by atoms with Gasteiger partial charge in [-0.15, -0.1) is 5.10 Å². The molecule has 0 aliphatic heterocycles. The van der Waals surface area contributed by atoms with Crippen molar-refractivity contribution in [1.29, 1.82) is 5.26 Å². The molecule has 0 spiro atoms. The maximum absolute atomic E-state index is 8.89. The van der Waals surface area contributed by atoms with E-state index in [0.717, 1.165) is 0 Å². The molecule has 74 valence electrons. The van der Waals surface area contributed by atoms with Gasteiger partial charge in [0.25, 0.3) is 0 Å². The fraction of sp³-hybridized carbons (Fsp3) is 0. The van der Waals surface area contributed by atoms with E-state index < -0.39 is 0 Å². The van der Waals surface area contributed by atoms with Crippen LogP contribution in [-0.4, -0.2) is 14.8 Å². The normalized spacial score (nSPS) is 9.87. The molecule has 2 heterocycles. The summed E-state index contributed by atoms with van der Waals surface area (Å²) in [6, 6.07) is 3.69. The molecule has 0 aliphatic rings. The van der Waals surface area contributed by atoms with E-state index in [4.69, 9.17) is 11.0 Å². The molecule has 2 aromatic heterocycles. The molecule has 0 saturated heterocycles. The third-order valence-electron chi connectivity index (χ3n) is 1.86. The molecule has 0 unspecified atom stereocenters. The Bertz CT molecular complexity index is 520. The van der Waals surface area contributed by atoms with E-state index in [-0.39, 0.29) is 0 Å². The van der Waals surface area contributed by atoms with Crippen LogP contribution in [0.1, 0.15) is 5.56 Å². The maximum Gasteiger partial charge on any atom is 0.160 e. The number of hydrogen-bond donors (Lipinski definition) is 1. The molecule has 2 N–H and O–H groups in total. The average Bonchev–Trinajstić information content (AvgIpc) is 2.59. The number of pyridine rings is 1. The number of nitrogens with two attached hydrogens (primary N) is 1. The zero-order valence-corrected chi connectivity index (χ0v) is 9.14. The van der Waals surface area contributed by atoms with Gasteiger partial charge in [0.2, 0.25) is 0 Å². The zero-order chi connectivity index (χ0) is 10.8. The van der Waals surface area contributed by atoms with Gasteiger partial charge in [0.1, 0.15) is 11.8 Å². The lowest BCUT2D eigenvalue weighted by atomic mass is 10.2. The maximum atomic E-state index is 8.89. The first-order valence-electron chi connectivity index (χ1n) is 4.07. The van der Waals surface area contributed by atoms with Crippen LogP contribution < -0.4 is 5.73 Å². The van der Waals surface area contributed by atoms with Crippen LogP contribution in [0.25, 0.3) is 5.69 Å². The van der Waals surface area contributed by atoms with Crippen molar-refractivity contribution in [3.05, 3.63) is 34.7 Å². The molecule has 6 heteroatoms. The highest BCUT2D eigenvalue weighted by Crippen LogP contribution is 2.20. The Morgan fingerprint density at radius 2 is 2.33 bits per heavy atom. The van der Waals surface area contributed by atoms with Crippen molar-refractivity contribution >= 4 is 21.7 Å². The van der Waals surface area contributed by atoms with Gasteiger partial charge < -0.3 is 5.73 Å². The minimum Gasteiger partial charge on any atom is -0.381 e. The van der Waals surface area contributed by atoms with E-state index in [9.17, 15) is 0 Å². The smallest absolute Gasteiger partial charge is 0.160 e. The van der Waals surface area contributed by atoms with Crippen LogP contribution in [0.3, 0.4) is 0 Å². The molecule has 0 aromatic carbocycles. The number of nitrogen functional groups attached to an aromatic ring is 1. The van der Waals surface area contributed by atoms with E-state index in [1.54, 1.807) is 24.7 Å². The number of nitrogens with zero attached hydrogens (tertiary/aromatic N) is 4. The standard InChI is InChI=1S/C9H6BrN5/c10-7-5-15(14-9(7)12)8-4-13-2-1-6(8)3-11/h1-2,4-5H,(H2,12,14). The molecule has 0 aliphatic carbocycles. The van der Waals surface area contributed by atoms with E-state index >= 15 is 0 Å². The number of rotatable bonds is 1. The van der Waals surface area contributed by atoms with Gasteiger partial charge in [0, 0.05) is 12.4 Å². The van der Waals surface area contributed by atoms with Gasteiger partial charge in [0.15, 0.2) is 5.82 Å². The second-order valence-electron chi connectivity index (χ2n) is 2.81. The summed E-state index contributed by atoms with van der Waals surface area (Å²) >= 11 is 3.25. The third kappa shape index (κ3) is 1.69. The predicted octanol–water partition coefficient (Wildman–Crippen LogP) is 1.48. The van der Waals surface area contributed by atoms with Crippen molar-refractivity contribution < 1.29 is 0 Å². The molecule has 0 amide bonds. The van der Waals surface area contributed by atoms with E-state index in [1.807, 2.05) is 0 Å². The van der Waals surface area contributed by atoms with Crippen molar-refractivity contribution in [3.63, 3.8) is 0 Å². The SMILES string of the molecule is N#Cc1ccncc1-n1cc(Br)c(N)n1. The Morgan fingerprint density at radius 3 is 2.93 bits per heavy atom. The minimum absolute atomic E-state index is 0.378. The van der Waals surface area contributed by atoms with Gasteiger partial charge in [-0.05, 0) is 22.0 Å². The minimum atomic E-state index is 0.378. The first kappa shape index (κ1) is 9.68. The molecule has 15 heavy (non-hydrogen) atoms. The molecule has 0 radical (unpaired) electrons. The van der Waals surface area contributed by atoms with E-state index in [2.05, 4.69) is 32.1 Å². The quantitative estimate of drug-likeness (QED) is 0.845. The van der Waals surface area contributed by atoms with Crippen LogP contribution in [0.15, 0.2) is 29.1 Å². The van der Waals surface area contributed by atoms with Gasteiger partial charge in [-0.2, -0.15) is 5.26 Å². The van der Waals surface area contributed by atoms with Crippen molar-refractivity contribution in [2.24, 2.45) is 0 Å². The summed E-state index contributed by atoms with van der Waals surface area (Å²) in [5, 5.41) is 12.9. The Balaban J connectivity index is 2.59. The lowest BCUT2D eigenvalue weighted by molar-refractivity contribution is 0.875. The van der Waals surface area contributed by atoms with Crippen molar-refractivity contribution in [3.8, 4) is 11.8 Å². The molecular formula is C9H6BrN5. The molecule has 0 saturated carbocycles. The van der Waals surface area contributed by atoms with Gasteiger partial charge in [-0.3, -0.25) is 4.98 Å². The molecule has 0 bridgehead atoms. The number of nitriles is 1. The fourth-order valence-corrected chi connectivity index (χ4v) is 1.43. The summed E-state index contributed by atoms with van der Waals surface area (Å²) in [6.07, 6.45) is 4.81. The first-order chi connectivity index (χ1) is 7.22. The van der Waals surface area contributed by atoms with Crippen molar-refractivity contribution in [2.45, 2.75) is 0 Å². The molecule has 5 nitrogen and oxygen atoms in total. The summed E-state index contributed by atoms with van der Waals surface area (Å²) in [7, 11) is 0. The van der Waals surface area contributed by atoms with Crippen molar-refractivity contribution in [1.82, 2.24) is 14.8 Å². The highest BCUT2D eigenvalue weighted by molar-refractivity contribution is 9.10. The number of hydrogen-bond acceptors (Lipinski definition) is 4. The Kier molecular flexibility index (Phi) is 2.39. The lowest BCUT2D eigenvalue weighted by Gasteiger charge is -2.01. The van der Waals surface area contributed by atoms with Crippen LogP contribution in [0, 0.1) is 11.3 Å². The summed E-state index contributed by atoms with van der Waals surface area (Å²) in [5.74, 6) is 0.378. The van der Waals surface area contributed by atoms with E-state index in [0.29, 0.717) is 21.5 Å². The van der Waals surface area contributed by atoms with Crippen LogP contribution in [-0.2, 0) is 0 Å². The van der Waals surface area contributed by atoms with Gasteiger partial charge in [0.05, 0.1) is 16.2 Å². The third-order valence-corrected chi connectivity index (χ3v) is 2.47. The van der Waals surface area contributed by atoms with Gasteiger partial charge in [-0.1, -0.05) is 0 Å². The van der Waals surface area contributed by atoms with Crippen LogP contribution in [0.2, 0.25) is 0 Å². The second kappa shape index (κ2) is 3.71. The molecule has 0 fully saturated rings. The largest absolute Gasteiger partial charge is 0.381 e. The summed E-state index contributed by atoms with van der Waals surface area (Å²) in [6.45, 7) is 0. The Morgan fingerprint density at radius 1 is 1.53 bits per heavy atom. The van der Waals surface area contributed by atoms with Crippen LogP contribution in [0.4, 0.5) is 5.82 Å². The molecule has 2 rings (SSSR count). The summed E-state index contributed by atoms with van der Waals surface area (Å²) in [5.41, 5.74) is 6.70. The molecule has 2 aromatic rings. The number of halogens is 1. The van der Waals surface area contributed by atoms with Crippen LogP contribution >= 0.6 is 15.9 Å². The molecular weight excluding hydrogens is 258 g/mol. The van der Waals surface area contributed by atoms with Crippen molar-refractivity contribution in [2.75, 3.05) is 5.73 Å². The van der Waals surface area contributed by atoms with Gasteiger partial charge >= 0.3 is 0 Å². The molecule has 0 atom stereocenters. The predicted molar refractivity (Wildman–Crippen MR) is 58.2 cm³/mol. The highest BCUT2D eigenvalue weighted by Gasteiger charge is 2.08. The van der Waals surface area contributed by atoms with Gasteiger partial charge in [-0.25, -0.2) is 4.68 Å². The number of aromatic nitrogens is 3. The lowest BCUT2D eigenvalue weighted by Crippen LogP contribution is -1.99. The van der Waals surface area contributed by atoms with Crippen LogP contribution in [0.5, 0.6) is 0 Å². The second-order valence-corrected chi connectivity index (χ2v) is 3.67. The Hall–Kier alpha value is -1.87. The zero-order valence-electron chi connectivity index (χ0n) is 7.55. The topological polar surface area (TPSA) is 80.5 Å². The Labute approximate surface area is 94.3 Å². The monoisotopic (exact) mass is 263 g/mol. The number of anilines is 1. The summed E-state index contributed by atoms with van der Waals surface area (Å²) < 4.78 is 2.21. The summed E-state index contributed by atoms with van der Waals surface area (Å²) in [4.78, 5) is 3.94. The first-order valence-corrected chi connectivity index (χ1v) is 4.87. The average molecular weight is 264 g/mol. The fourth-order valence-electron chi connectivity index (χ4n) is 1.15. The van der Waals surface area contributed by atoms with E-state index in [1.165, 1.54) is 4.68 Å². The highest BCUT2D eigenvalue weighted by atomic mass is 79.9.